The fraction of sp³-hybridized carbons (Fsp3) is 0.455. The highest BCUT2D eigenvalue weighted by atomic mass is 35.5. The van der Waals surface area contributed by atoms with E-state index >= 15 is 0 Å². The van der Waals surface area contributed by atoms with Crippen molar-refractivity contribution < 1.29 is 5.11 Å². The molecular weight excluding hydrogens is 198 g/mol. The summed E-state index contributed by atoms with van der Waals surface area (Å²) in [4.78, 5) is 0. The Bertz CT molecular complexity index is 334. The van der Waals surface area contributed by atoms with Gasteiger partial charge in [-0.2, -0.15) is 0 Å². The van der Waals surface area contributed by atoms with Crippen LogP contribution in [0.25, 0.3) is 0 Å². The van der Waals surface area contributed by atoms with E-state index in [1.54, 1.807) is 0 Å². The Labute approximate surface area is 88.7 Å². The van der Waals surface area contributed by atoms with Crippen LogP contribution in [-0.4, -0.2) is 17.8 Å². The normalized spacial score (nSPS) is 31.2. The van der Waals surface area contributed by atoms with Gasteiger partial charge in [-0.1, -0.05) is 29.8 Å². The summed E-state index contributed by atoms with van der Waals surface area (Å²) in [5.41, 5.74) is 6.75. The van der Waals surface area contributed by atoms with Gasteiger partial charge in [0.1, 0.15) is 0 Å². The lowest BCUT2D eigenvalue weighted by Crippen LogP contribution is -2.49. The number of aliphatic hydroxyl groups is 1. The smallest absolute Gasteiger partial charge is 0.0558 e. The molecule has 0 bridgehead atoms. The van der Waals surface area contributed by atoms with Gasteiger partial charge in [-0.3, -0.25) is 0 Å². The summed E-state index contributed by atoms with van der Waals surface area (Å²) in [7, 11) is 0. The van der Waals surface area contributed by atoms with Crippen molar-refractivity contribution in [3.05, 3.63) is 34.9 Å². The van der Waals surface area contributed by atoms with E-state index in [2.05, 4.69) is 0 Å². The Hall–Kier alpha value is -0.570. The number of benzene rings is 1. The summed E-state index contributed by atoms with van der Waals surface area (Å²) < 4.78 is 0. The van der Waals surface area contributed by atoms with E-state index in [-0.39, 0.29) is 11.5 Å². The third-order valence-electron chi connectivity index (χ3n) is 3.09. The van der Waals surface area contributed by atoms with Crippen molar-refractivity contribution in [3.63, 3.8) is 0 Å². The lowest BCUT2D eigenvalue weighted by molar-refractivity contribution is 0.0222. The minimum Gasteiger partial charge on any atom is -0.393 e. The minimum atomic E-state index is -0.213. The average Bonchev–Trinajstić information content (AvgIpc) is 2.14. The van der Waals surface area contributed by atoms with Crippen LogP contribution < -0.4 is 5.73 Å². The van der Waals surface area contributed by atoms with E-state index < -0.39 is 0 Å². The molecule has 0 unspecified atom stereocenters. The van der Waals surface area contributed by atoms with Crippen LogP contribution in [0.5, 0.6) is 0 Å². The van der Waals surface area contributed by atoms with Gasteiger partial charge in [-0.05, 0) is 24.5 Å². The van der Waals surface area contributed by atoms with E-state index in [0.717, 1.165) is 23.4 Å². The molecule has 0 atom stereocenters. The molecule has 0 aromatic heterocycles. The largest absolute Gasteiger partial charge is 0.393 e. The Morgan fingerprint density at radius 2 is 2.07 bits per heavy atom. The van der Waals surface area contributed by atoms with Gasteiger partial charge >= 0.3 is 0 Å². The highest BCUT2D eigenvalue weighted by Crippen LogP contribution is 2.45. The lowest BCUT2D eigenvalue weighted by Gasteiger charge is -2.45. The predicted molar refractivity (Wildman–Crippen MR) is 57.4 cm³/mol. The number of halogens is 1. The van der Waals surface area contributed by atoms with Crippen molar-refractivity contribution in [1.29, 1.82) is 0 Å². The number of hydrogen-bond donors (Lipinski definition) is 2. The van der Waals surface area contributed by atoms with Crippen LogP contribution in [0, 0.1) is 0 Å². The third kappa shape index (κ3) is 1.44. The molecule has 1 aromatic rings. The van der Waals surface area contributed by atoms with Crippen molar-refractivity contribution in [2.45, 2.75) is 24.4 Å². The van der Waals surface area contributed by atoms with Crippen molar-refractivity contribution in [3.8, 4) is 0 Å². The van der Waals surface area contributed by atoms with Crippen molar-refractivity contribution in [2.75, 3.05) is 6.54 Å². The first-order chi connectivity index (χ1) is 6.68. The van der Waals surface area contributed by atoms with Gasteiger partial charge in [0.2, 0.25) is 0 Å². The first kappa shape index (κ1) is 9.97. The molecule has 1 fully saturated rings. The summed E-state index contributed by atoms with van der Waals surface area (Å²) >= 11 is 6.11. The summed E-state index contributed by atoms with van der Waals surface area (Å²) in [5, 5.41) is 10.1. The van der Waals surface area contributed by atoms with Crippen LogP contribution in [0.2, 0.25) is 5.02 Å². The molecule has 2 rings (SSSR count). The molecule has 0 spiro atoms. The first-order valence-electron chi connectivity index (χ1n) is 4.81. The second-order valence-electron chi connectivity index (χ2n) is 4.03. The number of rotatable bonds is 2. The number of hydrogen-bond acceptors (Lipinski definition) is 2. The fourth-order valence-corrected chi connectivity index (χ4v) is 2.57. The molecule has 0 amide bonds. The Kier molecular flexibility index (Phi) is 2.52. The zero-order valence-corrected chi connectivity index (χ0v) is 8.67. The molecule has 3 heteroatoms. The summed E-state index contributed by atoms with van der Waals surface area (Å²) in [6.45, 7) is 0.549. The predicted octanol–water partition coefficient (Wildman–Crippen LogP) is 1.69. The van der Waals surface area contributed by atoms with Crippen molar-refractivity contribution in [1.82, 2.24) is 0 Å². The molecule has 0 heterocycles. The second-order valence-corrected chi connectivity index (χ2v) is 4.43. The van der Waals surface area contributed by atoms with Gasteiger partial charge in [0.25, 0.3) is 0 Å². The molecule has 1 aliphatic carbocycles. The molecule has 1 aliphatic rings. The van der Waals surface area contributed by atoms with Crippen molar-refractivity contribution >= 4 is 11.6 Å². The maximum absolute atomic E-state index is 9.37. The summed E-state index contributed by atoms with van der Waals surface area (Å²) in [6, 6.07) is 7.74. The van der Waals surface area contributed by atoms with Gasteiger partial charge in [-0.15, -0.1) is 0 Å². The maximum atomic E-state index is 9.37. The maximum Gasteiger partial charge on any atom is 0.0558 e. The quantitative estimate of drug-likeness (QED) is 0.782. The van der Waals surface area contributed by atoms with Gasteiger partial charge in [-0.25, -0.2) is 0 Å². The first-order valence-corrected chi connectivity index (χ1v) is 5.19. The second kappa shape index (κ2) is 3.54. The van der Waals surface area contributed by atoms with Gasteiger partial charge < -0.3 is 10.8 Å². The van der Waals surface area contributed by atoms with Crippen LogP contribution in [0.3, 0.4) is 0 Å². The highest BCUT2D eigenvalue weighted by Gasteiger charge is 2.44. The van der Waals surface area contributed by atoms with Crippen LogP contribution in [0.4, 0.5) is 0 Å². The van der Waals surface area contributed by atoms with Crippen LogP contribution in [-0.2, 0) is 5.41 Å². The monoisotopic (exact) mass is 211 g/mol. The molecular formula is C11H14ClNO. The Morgan fingerprint density at radius 1 is 1.43 bits per heavy atom. The van der Waals surface area contributed by atoms with Gasteiger partial charge in [0.05, 0.1) is 6.10 Å². The summed E-state index contributed by atoms with van der Waals surface area (Å²) in [5.74, 6) is 0. The molecule has 1 saturated carbocycles. The third-order valence-corrected chi connectivity index (χ3v) is 3.42. The van der Waals surface area contributed by atoms with E-state index in [9.17, 15) is 5.11 Å². The van der Waals surface area contributed by atoms with Crippen LogP contribution >= 0.6 is 11.6 Å². The lowest BCUT2D eigenvalue weighted by atomic mass is 9.63. The van der Waals surface area contributed by atoms with Crippen LogP contribution in [0.1, 0.15) is 18.4 Å². The van der Waals surface area contributed by atoms with Crippen molar-refractivity contribution in [2.24, 2.45) is 5.73 Å². The average molecular weight is 212 g/mol. The van der Waals surface area contributed by atoms with Gasteiger partial charge in [0.15, 0.2) is 0 Å². The molecule has 3 N–H and O–H groups in total. The number of nitrogens with two attached hydrogens (primary N) is 1. The minimum absolute atomic E-state index is 0.0856. The topological polar surface area (TPSA) is 46.2 Å². The standard InChI is InChI=1S/C11H14ClNO/c12-10-4-2-1-3-9(10)11(7-13)5-8(14)6-11/h1-4,8,14H,5-7,13H2. The summed E-state index contributed by atoms with van der Waals surface area (Å²) in [6.07, 6.45) is 1.25. The number of aliphatic hydroxyl groups excluding tert-OH is 1. The zero-order chi connectivity index (χ0) is 10.2. The van der Waals surface area contributed by atoms with E-state index in [1.807, 2.05) is 24.3 Å². The zero-order valence-electron chi connectivity index (χ0n) is 7.91. The van der Waals surface area contributed by atoms with E-state index in [1.165, 1.54) is 0 Å². The SMILES string of the molecule is NCC1(c2ccccc2Cl)CC(O)C1. The van der Waals surface area contributed by atoms with Crippen LogP contribution in [0.15, 0.2) is 24.3 Å². The Morgan fingerprint density at radius 3 is 2.57 bits per heavy atom. The highest BCUT2D eigenvalue weighted by molar-refractivity contribution is 6.31. The van der Waals surface area contributed by atoms with E-state index in [4.69, 9.17) is 17.3 Å². The molecule has 0 saturated heterocycles. The fourth-order valence-electron chi connectivity index (χ4n) is 2.23. The molecule has 76 valence electrons. The molecule has 0 aliphatic heterocycles. The molecule has 2 nitrogen and oxygen atoms in total. The van der Waals surface area contributed by atoms with E-state index in [0.29, 0.717) is 6.54 Å². The molecule has 0 radical (unpaired) electrons. The Balaban J connectivity index is 2.34. The molecule has 1 aromatic carbocycles. The molecule has 14 heavy (non-hydrogen) atoms. The van der Waals surface area contributed by atoms with Gasteiger partial charge in [0, 0.05) is 17.0 Å².